The first-order chi connectivity index (χ1) is 56.7. The maximum atomic E-state index is 14.1. The molecule has 2 aliphatic rings. The quantitative estimate of drug-likeness (QED) is 0.0127. The van der Waals surface area contributed by atoms with Gasteiger partial charge in [-0.1, -0.05) is 24.3 Å². The molecule has 43 nitrogen and oxygen atoms in total. The lowest BCUT2D eigenvalue weighted by Gasteiger charge is -2.33. The number of anilines is 1. The number of nitrogens with one attached hydrogen (secondary N) is 13. The Hall–Kier alpha value is -10.1. The molecule has 660 valence electrons. The number of likely N-dealkylation sites (N-methyl/N-ethyl adjacent to an activating group) is 1. The standard InChI is InChI=1S/C74H117N17O26S/c1-2-77-68(105)57(84-63(96)49-117-39-37-115-35-33-113-31-29-111-27-21-81-74(118)83-52-12-8-50(9-13-52)40-53-44-90(46-66(101)102)23-22-89(45-65(99)100)24-25-91(53)47-67(103)104)16-17-60(93)79-20-26-110-28-30-112-32-34-114-36-38-116-48-62(95)78-18-4-3-6-56-70(107)86-55(7-5-19-80-73(75)76)69(106)82-43-61(94)85-59(42-64(97)98)72(109)88-58(71(108)87-56)41-51-10-14-54(92)15-11-51/h8-15,53,55-59,92H,2-7,16-49H2,1H3,(H,77,105)(H,78,95)(H,79,93)(H,82,106)(H,84,96)(H,85,94)(H,86,107)(H,87,108)(H,88,109)(H,97,98)(H,99,100)(H,101,102)(H,103,104)(H4,75,76,80)(H2,81,83,118)/t53?,55-,56-,57?,58+,59-/m0/s1. The molecule has 118 heavy (non-hydrogen) atoms. The molecule has 2 saturated heterocycles. The number of aromatic hydroxyl groups is 1. The maximum absolute atomic E-state index is 14.1. The third-order valence-corrected chi connectivity index (χ3v) is 17.8. The summed E-state index contributed by atoms with van der Waals surface area (Å²) in [5.41, 5.74) is 7.43. The molecule has 0 saturated carbocycles. The summed E-state index contributed by atoms with van der Waals surface area (Å²) in [6.07, 6.45) is 0.00216. The molecule has 2 aromatic carbocycles. The second-order valence-electron chi connectivity index (χ2n) is 27.1. The van der Waals surface area contributed by atoms with Crippen LogP contribution in [0.5, 0.6) is 5.75 Å². The number of phenols is 1. The zero-order valence-corrected chi connectivity index (χ0v) is 67.3. The summed E-state index contributed by atoms with van der Waals surface area (Å²) in [5.74, 6) is -11.3. The van der Waals surface area contributed by atoms with Gasteiger partial charge in [0.1, 0.15) is 49.2 Å². The third-order valence-electron chi connectivity index (χ3n) is 17.6. The summed E-state index contributed by atoms with van der Waals surface area (Å²) in [6, 6.07) is 6.00. The van der Waals surface area contributed by atoms with E-state index in [-0.39, 0.29) is 207 Å². The van der Waals surface area contributed by atoms with Crippen molar-refractivity contribution >= 4 is 106 Å². The first-order valence-corrected chi connectivity index (χ1v) is 39.3. The van der Waals surface area contributed by atoms with Gasteiger partial charge in [0.15, 0.2) is 11.1 Å². The zero-order valence-electron chi connectivity index (χ0n) is 66.5. The smallest absolute Gasteiger partial charge is 0.317 e. The predicted octanol–water partition coefficient (Wildman–Crippen LogP) is -5.25. The van der Waals surface area contributed by atoms with E-state index in [4.69, 9.17) is 61.3 Å². The van der Waals surface area contributed by atoms with Crippen LogP contribution in [0.3, 0.4) is 0 Å². The van der Waals surface area contributed by atoms with Gasteiger partial charge in [-0.25, -0.2) is 0 Å². The SMILES string of the molecule is CCNC(=O)C(CCC(=O)NCCOCCOCCOCCOCC(=O)NCCCC[C@@H]1NC(=O)[C@@H](Cc2ccc(O)cc2)NC(=O)[C@H](CC(=O)O)NC(=O)CNC(=O)[C@H](CCCNC(=N)N)NC1=O)NC(=O)COCCOCCOCCOCCNC(=S)Nc1ccc(CC2CN(CC(=O)O)CCN(CC(=O)O)CCN2CC(=O)O)cc1. The van der Waals surface area contributed by atoms with E-state index in [1.165, 1.54) is 24.3 Å². The highest BCUT2D eigenvalue weighted by molar-refractivity contribution is 7.80. The molecule has 20 N–H and O–H groups in total. The second kappa shape index (κ2) is 59.5. The van der Waals surface area contributed by atoms with E-state index in [0.29, 0.717) is 81.7 Å². The number of guanidine groups is 1. The fraction of sp³-hybridized carbons (Fsp3) is 0.635. The first-order valence-electron chi connectivity index (χ1n) is 38.9. The minimum atomic E-state index is -1.68. The lowest BCUT2D eigenvalue weighted by atomic mass is 10.0. The van der Waals surface area contributed by atoms with Crippen molar-refractivity contribution in [1.29, 1.82) is 5.41 Å². The molecule has 0 radical (unpaired) electrons. The van der Waals surface area contributed by atoms with Crippen LogP contribution in [0.2, 0.25) is 0 Å². The number of thiocarbonyl (C=S) groups is 1. The summed E-state index contributed by atoms with van der Waals surface area (Å²) in [6.45, 7) is 5.28. The molecule has 2 aromatic rings. The van der Waals surface area contributed by atoms with E-state index in [9.17, 15) is 87.9 Å². The number of carboxylic acids is 4. The fourth-order valence-corrected chi connectivity index (χ4v) is 12.0. The van der Waals surface area contributed by atoms with Gasteiger partial charge < -0.3 is 133 Å². The van der Waals surface area contributed by atoms with E-state index in [1.807, 2.05) is 24.3 Å². The van der Waals surface area contributed by atoms with Crippen LogP contribution in [0.4, 0.5) is 5.69 Å². The van der Waals surface area contributed by atoms with Crippen LogP contribution in [0.15, 0.2) is 48.5 Å². The molecule has 2 aliphatic heterocycles. The number of hydrogen-bond donors (Lipinski definition) is 19. The number of unbranched alkanes of at least 4 members (excludes halogenated alkanes) is 1. The van der Waals surface area contributed by atoms with Crippen LogP contribution in [0.25, 0.3) is 0 Å². The van der Waals surface area contributed by atoms with E-state index in [1.54, 1.807) is 21.6 Å². The molecular formula is C74H117N17O26S. The molecule has 2 unspecified atom stereocenters. The minimum Gasteiger partial charge on any atom is -0.508 e. The molecular weight excluding hydrogens is 1570 g/mol. The molecule has 2 fully saturated rings. The number of aliphatic carboxylic acids is 4. The number of hydrogen-bond acceptors (Lipinski definition) is 27. The van der Waals surface area contributed by atoms with Gasteiger partial charge in [-0.15, -0.1) is 0 Å². The Morgan fingerprint density at radius 3 is 1.58 bits per heavy atom. The number of phenolic OH excluding ortho intramolecular Hbond substituents is 1. The number of carbonyl (C=O) groups is 13. The minimum absolute atomic E-state index is 0.0179. The Bertz CT molecular complexity index is 3470. The van der Waals surface area contributed by atoms with E-state index in [2.05, 4.69) is 63.8 Å². The maximum Gasteiger partial charge on any atom is 0.317 e. The third kappa shape index (κ3) is 46.7. The lowest BCUT2D eigenvalue weighted by Crippen LogP contribution is -2.58. The van der Waals surface area contributed by atoms with E-state index in [0.717, 1.165) is 5.56 Å². The van der Waals surface area contributed by atoms with Crippen molar-refractivity contribution in [2.45, 2.75) is 107 Å². The van der Waals surface area contributed by atoms with Crippen LogP contribution < -0.4 is 69.5 Å². The summed E-state index contributed by atoms with van der Waals surface area (Å²) >= 11 is 5.44. The topological polar surface area (TPSA) is 601 Å². The molecule has 0 aliphatic carbocycles. The lowest BCUT2D eigenvalue weighted by molar-refractivity contribution is -0.141. The number of nitrogens with two attached hydrogens (primary N) is 1. The van der Waals surface area contributed by atoms with E-state index >= 15 is 0 Å². The van der Waals surface area contributed by atoms with Crippen molar-refractivity contribution in [1.82, 2.24) is 73.2 Å². The summed E-state index contributed by atoms with van der Waals surface area (Å²) < 4.78 is 44.1. The Morgan fingerprint density at radius 1 is 0.517 bits per heavy atom. The molecule has 44 heteroatoms. The highest BCUT2D eigenvalue weighted by Gasteiger charge is 2.35. The van der Waals surface area contributed by atoms with Gasteiger partial charge in [-0.3, -0.25) is 82.4 Å². The van der Waals surface area contributed by atoms with Crippen LogP contribution >= 0.6 is 12.2 Å². The summed E-state index contributed by atoms with van der Waals surface area (Å²) in [4.78, 5) is 171. The highest BCUT2D eigenvalue weighted by atomic mass is 32.1. The molecule has 0 aromatic heterocycles. The van der Waals surface area contributed by atoms with E-state index < -0.39 is 114 Å². The number of ether oxygens (including phenoxy) is 8. The van der Waals surface area contributed by atoms with Crippen molar-refractivity contribution in [3.8, 4) is 5.75 Å². The van der Waals surface area contributed by atoms with Gasteiger partial charge in [0.25, 0.3) is 0 Å². The largest absolute Gasteiger partial charge is 0.508 e. The zero-order chi connectivity index (χ0) is 86.2. The van der Waals surface area contributed by atoms with Crippen molar-refractivity contribution < 1.29 is 126 Å². The van der Waals surface area contributed by atoms with Gasteiger partial charge in [0.05, 0.1) is 125 Å². The van der Waals surface area contributed by atoms with Gasteiger partial charge >= 0.3 is 23.9 Å². The molecule has 0 spiro atoms. The number of rotatable bonds is 56. The summed E-state index contributed by atoms with van der Waals surface area (Å²) in [5, 5.41) is 87.7. The van der Waals surface area contributed by atoms with Gasteiger partial charge in [0, 0.05) is 90.0 Å². The Balaban J connectivity index is 1.00. The first kappa shape index (κ1) is 100. The molecule has 0 bridgehead atoms. The Kier molecular flexibility index (Phi) is 50.6. The van der Waals surface area contributed by atoms with Crippen molar-refractivity contribution in [3.05, 3.63) is 59.7 Å². The summed E-state index contributed by atoms with van der Waals surface area (Å²) in [7, 11) is 0. The average Bonchev–Trinajstić information content (AvgIpc) is 1.45. The number of carboxylic acid groups (broad SMARTS) is 4. The predicted molar refractivity (Wildman–Crippen MR) is 426 cm³/mol. The van der Waals surface area contributed by atoms with Gasteiger partial charge in [0.2, 0.25) is 53.2 Å². The fourth-order valence-electron chi connectivity index (χ4n) is 11.7. The molecule has 6 atom stereocenters. The van der Waals surface area contributed by atoms with Crippen LogP contribution in [0, 0.1) is 5.41 Å². The Labute approximate surface area is 688 Å². The Morgan fingerprint density at radius 2 is 1.00 bits per heavy atom. The van der Waals surface area contributed by atoms with Crippen molar-refractivity contribution in [2.24, 2.45) is 5.73 Å². The number of amides is 9. The number of carbonyl (C=O) groups excluding carboxylic acids is 9. The van der Waals surface area contributed by atoms with Crippen LogP contribution in [0.1, 0.15) is 69.4 Å². The van der Waals surface area contributed by atoms with Crippen molar-refractivity contribution in [2.75, 3.05) is 203 Å². The van der Waals surface area contributed by atoms with Gasteiger partial charge in [-0.2, -0.15) is 0 Å². The van der Waals surface area contributed by atoms with Crippen LogP contribution in [-0.2, 0) is 113 Å². The number of benzene rings is 2. The van der Waals surface area contributed by atoms with Crippen molar-refractivity contribution in [3.63, 3.8) is 0 Å². The normalized spacial score (nSPS) is 17.6. The van der Waals surface area contributed by atoms with Gasteiger partial charge in [-0.05, 0) is 99.5 Å². The molecule has 4 rings (SSSR count). The average molecular weight is 1690 g/mol. The second-order valence-corrected chi connectivity index (χ2v) is 27.5. The molecule has 9 amide bonds. The number of nitrogens with zero attached hydrogens (tertiary/aromatic N) is 3. The highest BCUT2D eigenvalue weighted by Crippen LogP contribution is 2.18. The molecule has 2 heterocycles. The van der Waals surface area contributed by atoms with Crippen LogP contribution in [-0.4, -0.2) is 362 Å². The monoisotopic (exact) mass is 1690 g/mol.